The summed E-state index contributed by atoms with van der Waals surface area (Å²) in [4.78, 5) is 31.1. The average molecular weight is 592 g/mol. The van der Waals surface area contributed by atoms with E-state index in [2.05, 4.69) is 31.4 Å². The lowest BCUT2D eigenvalue weighted by Gasteiger charge is -2.50. The molecule has 2 aromatic rings. The van der Waals surface area contributed by atoms with Crippen molar-refractivity contribution in [1.82, 2.24) is 20.4 Å². The zero-order valence-corrected chi connectivity index (χ0v) is 25.3. The molecule has 3 heterocycles. The van der Waals surface area contributed by atoms with Crippen LogP contribution in [0.25, 0.3) is 0 Å². The van der Waals surface area contributed by atoms with Gasteiger partial charge in [-0.15, -0.1) is 0 Å². The molecule has 0 unspecified atom stereocenters. The Labute approximate surface area is 254 Å². The van der Waals surface area contributed by atoms with Crippen molar-refractivity contribution >= 4 is 17.7 Å². The number of amides is 2. The molecule has 232 valence electrons. The number of benzene rings is 2. The lowest BCUT2D eigenvalue weighted by molar-refractivity contribution is -0.000940. The zero-order chi connectivity index (χ0) is 29.9. The zero-order valence-electron chi connectivity index (χ0n) is 25.3. The maximum absolute atomic E-state index is 14.5. The van der Waals surface area contributed by atoms with Gasteiger partial charge in [0.25, 0.3) is 5.91 Å². The van der Waals surface area contributed by atoms with Crippen LogP contribution >= 0.6 is 0 Å². The highest BCUT2D eigenvalue weighted by atomic mass is 19.1. The number of likely N-dealkylation sites (tertiary alicyclic amines) is 2. The third kappa shape index (κ3) is 6.68. The third-order valence-electron chi connectivity index (χ3n) is 10.6. The first-order valence-electron chi connectivity index (χ1n) is 16.2. The van der Waals surface area contributed by atoms with Crippen molar-refractivity contribution in [3.8, 4) is 0 Å². The first-order chi connectivity index (χ1) is 20.9. The summed E-state index contributed by atoms with van der Waals surface area (Å²) in [5, 5.41) is 15.2. The highest BCUT2D eigenvalue weighted by Crippen LogP contribution is 2.49. The molecule has 1 saturated carbocycles. The van der Waals surface area contributed by atoms with Crippen molar-refractivity contribution in [1.29, 1.82) is 0 Å². The summed E-state index contributed by atoms with van der Waals surface area (Å²) in [5.41, 5.74) is 2.90. The molecule has 2 amide bonds. The summed E-state index contributed by atoms with van der Waals surface area (Å²) >= 11 is 0. The van der Waals surface area contributed by atoms with Gasteiger partial charge in [0.1, 0.15) is 5.82 Å². The van der Waals surface area contributed by atoms with E-state index in [-0.39, 0.29) is 29.7 Å². The number of nitrogens with zero attached hydrogens (tertiary/aromatic N) is 3. The van der Waals surface area contributed by atoms with E-state index in [1.165, 1.54) is 11.8 Å². The Bertz CT molecular complexity index is 1260. The molecule has 8 nitrogen and oxygen atoms in total. The van der Waals surface area contributed by atoms with E-state index in [4.69, 9.17) is 0 Å². The SMILES string of the molecule is CNC(=O)c1ccc(N2CC(CN3CCC([C@@H]([C@H]4CCC[C@@H]4NC(=O)O)[C@@H](c4cccc(F)c4)N4CCC4)CC3)C2)cc1. The Morgan fingerprint density at radius 3 is 2.35 bits per heavy atom. The Kier molecular flexibility index (Phi) is 9.19. The average Bonchev–Trinajstić information content (AvgIpc) is 3.40. The summed E-state index contributed by atoms with van der Waals surface area (Å²) in [6, 6.07) is 15.1. The van der Waals surface area contributed by atoms with Gasteiger partial charge in [-0.25, -0.2) is 9.18 Å². The van der Waals surface area contributed by atoms with Crippen LogP contribution < -0.4 is 15.5 Å². The maximum atomic E-state index is 14.5. The molecule has 3 saturated heterocycles. The molecular weight excluding hydrogens is 545 g/mol. The van der Waals surface area contributed by atoms with Gasteiger partial charge < -0.3 is 25.5 Å². The van der Waals surface area contributed by atoms with Gasteiger partial charge in [0, 0.05) is 55.9 Å². The van der Waals surface area contributed by atoms with E-state index in [0.29, 0.717) is 23.3 Å². The fourth-order valence-electron chi connectivity index (χ4n) is 8.36. The molecule has 4 aliphatic rings. The van der Waals surface area contributed by atoms with E-state index < -0.39 is 6.09 Å². The van der Waals surface area contributed by atoms with Crippen molar-refractivity contribution in [2.45, 2.75) is 50.6 Å². The molecule has 3 N–H and O–H groups in total. The molecule has 4 atom stereocenters. The molecule has 6 rings (SSSR count). The van der Waals surface area contributed by atoms with Crippen LogP contribution in [0, 0.1) is 29.5 Å². The number of rotatable bonds is 10. The highest BCUT2D eigenvalue weighted by molar-refractivity contribution is 5.94. The van der Waals surface area contributed by atoms with Crippen molar-refractivity contribution < 1.29 is 19.1 Å². The van der Waals surface area contributed by atoms with Crippen LogP contribution in [-0.2, 0) is 0 Å². The number of anilines is 1. The van der Waals surface area contributed by atoms with Gasteiger partial charge in [0.2, 0.25) is 0 Å². The third-order valence-corrected chi connectivity index (χ3v) is 10.6. The molecule has 43 heavy (non-hydrogen) atoms. The molecule has 1 aliphatic carbocycles. The second-order valence-electron chi connectivity index (χ2n) is 13.2. The van der Waals surface area contributed by atoms with E-state index in [9.17, 15) is 19.1 Å². The Morgan fingerprint density at radius 1 is 0.977 bits per heavy atom. The quantitative estimate of drug-likeness (QED) is 0.367. The van der Waals surface area contributed by atoms with E-state index in [1.807, 2.05) is 30.3 Å². The first kappa shape index (κ1) is 29.9. The summed E-state index contributed by atoms with van der Waals surface area (Å²) in [5.74, 6) is 1.40. The number of halogens is 1. The molecule has 0 radical (unpaired) electrons. The minimum atomic E-state index is -0.936. The van der Waals surface area contributed by atoms with Crippen LogP contribution in [0.2, 0.25) is 0 Å². The van der Waals surface area contributed by atoms with Gasteiger partial charge in [-0.2, -0.15) is 0 Å². The maximum Gasteiger partial charge on any atom is 0.404 e. The van der Waals surface area contributed by atoms with Crippen LogP contribution in [0.4, 0.5) is 14.9 Å². The molecule has 0 aromatic heterocycles. The number of piperidine rings is 1. The monoisotopic (exact) mass is 591 g/mol. The number of nitrogens with one attached hydrogen (secondary N) is 2. The first-order valence-corrected chi connectivity index (χ1v) is 16.2. The van der Waals surface area contributed by atoms with Crippen molar-refractivity contribution in [3.63, 3.8) is 0 Å². The summed E-state index contributed by atoms with van der Waals surface area (Å²) < 4.78 is 14.5. The number of carbonyl (C=O) groups excluding carboxylic acids is 1. The second-order valence-corrected chi connectivity index (χ2v) is 13.2. The van der Waals surface area contributed by atoms with Crippen molar-refractivity contribution in [2.24, 2.45) is 23.7 Å². The molecule has 2 aromatic carbocycles. The minimum absolute atomic E-state index is 0.0377. The van der Waals surface area contributed by atoms with Crippen LogP contribution in [0.3, 0.4) is 0 Å². The van der Waals surface area contributed by atoms with Gasteiger partial charge in [-0.05, 0) is 118 Å². The van der Waals surface area contributed by atoms with Gasteiger partial charge in [-0.3, -0.25) is 9.69 Å². The van der Waals surface area contributed by atoms with Crippen LogP contribution in [-0.4, -0.2) is 85.8 Å². The van der Waals surface area contributed by atoms with E-state index in [1.54, 1.807) is 13.1 Å². The fourth-order valence-corrected chi connectivity index (χ4v) is 8.36. The Hall–Kier alpha value is -3.17. The highest BCUT2D eigenvalue weighted by Gasteiger charge is 2.46. The van der Waals surface area contributed by atoms with Crippen LogP contribution in [0.15, 0.2) is 48.5 Å². The van der Waals surface area contributed by atoms with Crippen LogP contribution in [0.1, 0.15) is 60.5 Å². The molecule has 0 bridgehead atoms. The number of carboxylic acid groups (broad SMARTS) is 1. The predicted molar refractivity (Wildman–Crippen MR) is 166 cm³/mol. The van der Waals surface area contributed by atoms with E-state index >= 15 is 0 Å². The smallest absolute Gasteiger partial charge is 0.404 e. The number of hydrogen-bond acceptors (Lipinski definition) is 5. The van der Waals surface area contributed by atoms with Crippen molar-refractivity contribution in [3.05, 3.63) is 65.5 Å². The van der Waals surface area contributed by atoms with Gasteiger partial charge in [-0.1, -0.05) is 18.6 Å². The van der Waals surface area contributed by atoms with E-state index in [0.717, 1.165) is 89.9 Å². The summed E-state index contributed by atoms with van der Waals surface area (Å²) in [7, 11) is 1.65. The summed E-state index contributed by atoms with van der Waals surface area (Å²) in [6.45, 7) is 7.30. The molecule has 9 heteroatoms. The predicted octanol–water partition coefficient (Wildman–Crippen LogP) is 4.83. The fraction of sp³-hybridized carbons (Fsp3) is 0.588. The molecule has 3 aliphatic heterocycles. The van der Waals surface area contributed by atoms with Gasteiger partial charge in [0.15, 0.2) is 0 Å². The standard InChI is InChI=1S/C34H46FN5O3/c1-36-33(41)25-9-11-28(12-10-25)40-21-23(22-40)20-38-17-13-24(14-18-38)31(29-7-3-8-30(29)37-34(42)43)32(39-15-4-16-39)26-5-2-6-27(35)19-26/h2,5-6,9-12,19,23-24,29-32,37H,3-4,7-8,13-18,20-22H2,1H3,(H,36,41)(H,42,43)/t29-,30-,31-,32+/m0/s1. The van der Waals surface area contributed by atoms with Gasteiger partial charge >= 0.3 is 6.09 Å². The summed E-state index contributed by atoms with van der Waals surface area (Å²) in [6.07, 6.45) is 5.36. The molecular formula is C34H46FN5O3. The van der Waals surface area contributed by atoms with Crippen LogP contribution in [0.5, 0.6) is 0 Å². The molecule has 4 fully saturated rings. The largest absolute Gasteiger partial charge is 0.465 e. The van der Waals surface area contributed by atoms with Crippen molar-refractivity contribution in [2.75, 3.05) is 57.8 Å². The molecule has 0 spiro atoms. The Morgan fingerprint density at radius 2 is 1.72 bits per heavy atom. The van der Waals surface area contributed by atoms with Gasteiger partial charge in [0.05, 0.1) is 0 Å². The Balaban J connectivity index is 1.11. The second kappa shape index (κ2) is 13.2. The minimum Gasteiger partial charge on any atom is -0.465 e. The normalized spacial score (nSPS) is 25.0. The lowest BCUT2D eigenvalue weighted by Crippen LogP contribution is -2.54. The number of carbonyl (C=O) groups is 2. The number of hydrogen-bond donors (Lipinski definition) is 3. The topological polar surface area (TPSA) is 88.2 Å². The lowest BCUT2D eigenvalue weighted by atomic mass is 9.68.